The number of hydrogen-bond donors (Lipinski definition) is 1. The predicted octanol–water partition coefficient (Wildman–Crippen LogP) is 0.0652. The third-order valence-electron chi connectivity index (χ3n) is 3.08. The van der Waals surface area contributed by atoms with Crippen molar-refractivity contribution in [2.45, 2.75) is 32.2 Å². The monoisotopic (exact) mass is 241 g/mol. The second kappa shape index (κ2) is 6.59. The van der Waals surface area contributed by atoms with Gasteiger partial charge in [0, 0.05) is 40.2 Å². The number of nitrogens with zero attached hydrogens (tertiary/aromatic N) is 2. The molecule has 5 nitrogen and oxygen atoms in total. The first-order chi connectivity index (χ1) is 8.02. The first-order valence-corrected chi connectivity index (χ1v) is 6.24. The third kappa shape index (κ3) is 4.34. The van der Waals surface area contributed by atoms with E-state index in [1.54, 1.807) is 19.0 Å². The second-order valence-corrected chi connectivity index (χ2v) is 4.75. The minimum absolute atomic E-state index is 0.0818. The summed E-state index contributed by atoms with van der Waals surface area (Å²) in [4.78, 5) is 26.7. The maximum Gasteiger partial charge on any atom is 0.239 e. The van der Waals surface area contributed by atoms with Gasteiger partial charge in [-0.2, -0.15) is 0 Å². The van der Waals surface area contributed by atoms with Gasteiger partial charge in [-0.25, -0.2) is 0 Å². The first-order valence-electron chi connectivity index (χ1n) is 6.24. The lowest BCUT2D eigenvalue weighted by Crippen LogP contribution is -2.44. The van der Waals surface area contributed by atoms with Gasteiger partial charge in [-0.05, 0) is 19.8 Å². The van der Waals surface area contributed by atoms with E-state index in [2.05, 4.69) is 5.32 Å². The maximum atomic E-state index is 11.9. The molecule has 0 radical (unpaired) electrons. The summed E-state index contributed by atoms with van der Waals surface area (Å²) in [5, 5.41) is 3.11. The molecule has 1 atom stereocenters. The highest BCUT2D eigenvalue weighted by molar-refractivity contribution is 5.81. The number of amides is 2. The van der Waals surface area contributed by atoms with Crippen molar-refractivity contribution in [3.05, 3.63) is 0 Å². The first kappa shape index (κ1) is 14.0. The van der Waals surface area contributed by atoms with Gasteiger partial charge in [0.15, 0.2) is 0 Å². The Hall–Kier alpha value is -1.10. The predicted molar refractivity (Wildman–Crippen MR) is 66.6 cm³/mol. The molecule has 98 valence electrons. The van der Waals surface area contributed by atoms with Crippen LogP contribution in [0.15, 0.2) is 0 Å². The highest BCUT2D eigenvalue weighted by Crippen LogP contribution is 2.08. The average molecular weight is 241 g/mol. The minimum atomic E-state index is -0.192. The molecule has 1 rings (SSSR count). The molecule has 0 spiro atoms. The summed E-state index contributed by atoms with van der Waals surface area (Å²) in [5.41, 5.74) is 0. The molecule has 1 saturated heterocycles. The molecule has 1 N–H and O–H groups in total. The Morgan fingerprint density at radius 3 is 2.41 bits per heavy atom. The smallest absolute Gasteiger partial charge is 0.239 e. The summed E-state index contributed by atoms with van der Waals surface area (Å²) in [6.45, 7) is 4.17. The highest BCUT2D eigenvalue weighted by atomic mass is 16.2. The molecular formula is C12H23N3O2. The van der Waals surface area contributed by atoms with Crippen molar-refractivity contribution < 1.29 is 9.59 Å². The van der Waals surface area contributed by atoms with Crippen molar-refractivity contribution in [1.82, 2.24) is 15.1 Å². The fourth-order valence-electron chi connectivity index (χ4n) is 1.92. The Balaban J connectivity index is 2.22. The van der Waals surface area contributed by atoms with Gasteiger partial charge in [-0.3, -0.25) is 9.59 Å². The molecule has 0 aromatic carbocycles. The Labute approximate surface area is 103 Å². The van der Waals surface area contributed by atoms with Crippen molar-refractivity contribution in [1.29, 1.82) is 0 Å². The number of nitrogens with one attached hydrogen (secondary N) is 1. The number of carbonyl (C=O) groups excluding carboxylic acids is 2. The number of rotatable bonds is 5. The van der Waals surface area contributed by atoms with Crippen molar-refractivity contribution in [3.8, 4) is 0 Å². The molecule has 0 saturated carbocycles. The van der Waals surface area contributed by atoms with Crippen LogP contribution in [-0.4, -0.2) is 61.4 Å². The van der Waals surface area contributed by atoms with Crippen molar-refractivity contribution >= 4 is 11.8 Å². The van der Waals surface area contributed by atoms with Crippen LogP contribution in [0.1, 0.15) is 26.2 Å². The SMILES string of the molecule is CC(NCCC(=O)N(C)C)C(=O)N1CCCC1. The molecule has 0 aromatic heterocycles. The fourth-order valence-corrected chi connectivity index (χ4v) is 1.92. The summed E-state index contributed by atoms with van der Waals surface area (Å²) >= 11 is 0. The van der Waals surface area contributed by atoms with Crippen molar-refractivity contribution in [2.24, 2.45) is 0 Å². The Morgan fingerprint density at radius 1 is 1.29 bits per heavy atom. The van der Waals surface area contributed by atoms with Gasteiger partial charge in [-0.15, -0.1) is 0 Å². The zero-order valence-corrected chi connectivity index (χ0v) is 11.0. The fraction of sp³-hybridized carbons (Fsp3) is 0.833. The Morgan fingerprint density at radius 2 is 1.88 bits per heavy atom. The zero-order valence-electron chi connectivity index (χ0n) is 11.0. The van der Waals surface area contributed by atoms with Gasteiger partial charge in [0.1, 0.15) is 0 Å². The molecular weight excluding hydrogens is 218 g/mol. The van der Waals surface area contributed by atoms with Gasteiger partial charge in [0.05, 0.1) is 6.04 Å². The largest absolute Gasteiger partial charge is 0.349 e. The van der Waals surface area contributed by atoms with Crippen LogP contribution in [0.4, 0.5) is 0 Å². The minimum Gasteiger partial charge on any atom is -0.349 e. The standard InChI is InChI=1S/C12H23N3O2/c1-10(12(17)15-8-4-5-9-15)13-7-6-11(16)14(2)3/h10,13H,4-9H2,1-3H3. The molecule has 0 bridgehead atoms. The summed E-state index contributed by atoms with van der Waals surface area (Å²) in [6.07, 6.45) is 2.65. The Kier molecular flexibility index (Phi) is 5.41. The summed E-state index contributed by atoms with van der Waals surface area (Å²) in [5.74, 6) is 0.234. The summed E-state index contributed by atoms with van der Waals surface area (Å²) < 4.78 is 0. The number of hydrogen-bond acceptors (Lipinski definition) is 3. The van der Waals surface area contributed by atoms with Gasteiger partial charge in [-0.1, -0.05) is 0 Å². The van der Waals surface area contributed by atoms with Crippen LogP contribution in [0.2, 0.25) is 0 Å². The lowest BCUT2D eigenvalue weighted by Gasteiger charge is -2.21. The third-order valence-corrected chi connectivity index (χ3v) is 3.08. The van der Waals surface area contributed by atoms with E-state index in [0.717, 1.165) is 25.9 Å². The molecule has 0 aromatic rings. The van der Waals surface area contributed by atoms with Crippen LogP contribution in [0.3, 0.4) is 0 Å². The molecule has 2 amide bonds. The average Bonchev–Trinajstić information content (AvgIpc) is 2.80. The van der Waals surface area contributed by atoms with Crippen LogP contribution in [0.5, 0.6) is 0 Å². The molecule has 5 heteroatoms. The Bertz CT molecular complexity index is 273. The molecule has 1 heterocycles. The van der Waals surface area contributed by atoms with Crippen LogP contribution in [0.25, 0.3) is 0 Å². The van der Waals surface area contributed by atoms with Crippen LogP contribution < -0.4 is 5.32 Å². The van der Waals surface area contributed by atoms with E-state index in [1.165, 1.54) is 0 Å². The van der Waals surface area contributed by atoms with Crippen LogP contribution in [0, 0.1) is 0 Å². The molecule has 17 heavy (non-hydrogen) atoms. The lowest BCUT2D eigenvalue weighted by atomic mass is 10.2. The van der Waals surface area contributed by atoms with Crippen LogP contribution in [-0.2, 0) is 9.59 Å². The van der Waals surface area contributed by atoms with E-state index < -0.39 is 0 Å². The molecule has 0 aliphatic carbocycles. The summed E-state index contributed by atoms with van der Waals surface area (Å²) in [7, 11) is 3.47. The van der Waals surface area contributed by atoms with Crippen molar-refractivity contribution in [3.63, 3.8) is 0 Å². The topological polar surface area (TPSA) is 52.7 Å². The molecule has 1 fully saturated rings. The van der Waals surface area contributed by atoms with Gasteiger partial charge >= 0.3 is 0 Å². The lowest BCUT2D eigenvalue weighted by molar-refractivity contribution is -0.132. The maximum absolute atomic E-state index is 11.9. The van der Waals surface area contributed by atoms with Crippen molar-refractivity contribution in [2.75, 3.05) is 33.7 Å². The molecule has 1 aliphatic rings. The zero-order chi connectivity index (χ0) is 12.8. The normalized spacial score (nSPS) is 17.0. The van der Waals surface area contributed by atoms with Gasteiger partial charge < -0.3 is 15.1 Å². The molecule has 1 unspecified atom stereocenters. The van der Waals surface area contributed by atoms with E-state index in [0.29, 0.717) is 13.0 Å². The van der Waals surface area contributed by atoms with Crippen LogP contribution >= 0.6 is 0 Å². The van der Waals surface area contributed by atoms with Gasteiger partial charge in [0.2, 0.25) is 11.8 Å². The van der Waals surface area contributed by atoms with E-state index in [4.69, 9.17) is 0 Å². The molecule has 1 aliphatic heterocycles. The highest BCUT2D eigenvalue weighted by Gasteiger charge is 2.22. The quantitative estimate of drug-likeness (QED) is 0.741. The van der Waals surface area contributed by atoms with E-state index in [1.807, 2.05) is 11.8 Å². The van der Waals surface area contributed by atoms with E-state index >= 15 is 0 Å². The van der Waals surface area contributed by atoms with E-state index in [-0.39, 0.29) is 17.9 Å². The number of likely N-dealkylation sites (tertiary alicyclic amines) is 1. The number of carbonyl (C=O) groups is 2. The second-order valence-electron chi connectivity index (χ2n) is 4.75. The summed E-state index contributed by atoms with van der Waals surface area (Å²) in [6, 6.07) is -0.192. The van der Waals surface area contributed by atoms with E-state index in [9.17, 15) is 9.59 Å². The van der Waals surface area contributed by atoms with Gasteiger partial charge in [0.25, 0.3) is 0 Å².